The zero-order valence-electron chi connectivity index (χ0n) is 10.1. The molecule has 1 N–H and O–H groups in total. The minimum atomic E-state index is -3.58. The smallest absolute Gasteiger partial charge is 0.244 e. The lowest BCUT2D eigenvalue weighted by Gasteiger charge is -2.31. The monoisotopic (exact) mass is 265 g/mol. The number of nitriles is 1. The van der Waals surface area contributed by atoms with Crippen molar-refractivity contribution in [3.63, 3.8) is 0 Å². The van der Waals surface area contributed by atoms with Crippen LogP contribution in [0.15, 0.2) is 29.2 Å². The van der Waals surface area contributed by atoms with E-state index in [-0.39, 0.29) is 4.90 Å². The Labute approximate surface area is 107 Å². The number of piperazine rings is 1. The first-order chi connectivity index (χ1) is 8.57. The number of hydrogen-bond donors (Lipinski definition) is 1. The van der Waals surface area contributed by atoms with Crippen LogP contribution >= 0.6 is 0 Å². The summed E-state index contributed by atoms with van der Waals surface area (Å²) in [6.45, 7) is 3.04. The minimum Gasteiger partial charge on any atom is -0.313 e. The van der Waals surface area contributed by atoms with E-state index in [9.17, 15) is 8.42 Å². The fraction of sp³-hybridized carbons (Fsp3) is 0.417. The molecule has 1 unspecified atom stereocenters. The predicted molar refractivity (Wildman–Crippen MR) is 67.3 cm³/mol. The van der Waals surface area contributed by atoms with Crippen molar-refractivity contribution in [1.82, 2.24) is 9.62 Å². The Kier molecular flexibility index (Phi) is 3.66. The fourth-order valence-corrected chi connectivity index (χ4v) is 3.82. The van der Waals surface area contributed by atoms with Crippen molar-refractivity contribution < 1.29 is 8.42 Å². The molecular weight excluding hydrogens is 250 g/mol. The summed E-state index contributed by atoms with van der Waals surface area (Å²) in [5, 5.41) is 12.1. The fourth-order valence-electron chi connectivity index (χ4n) is 2.06. The van der Waals surface area contributed by atoms with Gasteiger partial charge in [0.1, 0.15) is 6.04 Å². The Bertz CT molecular complexity index is 577. The second kappa shape index (κ2) is 5.06. The van der Waals surface area contributed by atoms with Gasteiger partial charge in [-0.3, -0.25) is 0 Å². The maximum Gasteiger partial charge on any atom is 0.244 e. The van der Waals surface area contributed by atoms with Crippen LogP contribution in [-0.4, -0.2) is 38.4 Å². The molecule has 1 aliphatic heterocycles. The first-order valence-corrected chi connectivity index (χ1v) is 7.19. The molecule has 0 radical (unpaired) electrons. The molecule has 0 saturated carbocycles. The van der Waals surface area contributed by atoms with Gasteiger partial charge in [0.15, 0.2) is 0 Å². The number of nitrogens with one attached hydrogen (secondary N) is 1. The van der Waals surface area contributed by atoms with Crippen molar-refractivity contribution in [2.24, 2.45) is 0 Å². The van der Waals surface area contributed by atoms with Gasteiger partial charge in [-0.15, -0.1) is 0 Å². The number of rotatable bonds is 2. The third kappa shape index (κ3) is 2.25. The van der Waals surface area contributed by atoms with Gasteiger partial charge in [0.2, 0.25) is 10.0 Å². The molecule has 1 fully saturated rings. The molecular formula is C12H15N3O2S. The standard InChI is InChI=1S/C12H15N3O2S/c1-10-4-2-3-5-12(10)18(16,17)15-7-6-14-9-11(15)8-13/h2-5,11,14H,6-7,9H2,1H3. The van der Waals surface area contributed by atoms with Crippen LogP contribution in [0.2, 0.25) is 0 Å². The Morgan fingerprint density at radius 2 is 2.17 bits per heavy atom. The van der Waals surface area contributed by atoms with Crippen LogP contribution in [0.3, 0.4) is 0 Å². The van der Waals surface area contributed by atoms with E-state index in [0.717, 1.165) is 0 Å². The highest BCUT2D eigenvalue weighted by atomic mass is 32.2. The third-order valence-electron chi connectivity index (χ3n) is 3.02. The van der Waals surface area contributed by atoms with Gasteiger partial charge in [0, 0.05) is 19.6 Å². The number of benzene rings is 1. The summed E-state index contributed by atoms with van der Waals surface area (Å²) in [5.74, 6) is 0. The van der Waals surface area contributed by atoms with Crippen LogP contribution in [0.4, 0.5) is 0 Å². The van der Waals surface area contributed by atoms with Crippen LogP contribution in [0.25, 0.3) is 0 Å². The first-order valence-electron chi connectivity index (χ1n) is 5.75. The highest BCUT2D eigenvalue weighted by Gasteiger charge is 2.34. The van der Waals surface area contributed by atoms with E-state index < -0.39 is 16.1 Å². The lowest BCUT2D eigenvalue weighted by Crippen LogP contribution is -2.52. The summed E-state index contributed by atoms with van der Waals surface area (Å²) in [6, 6.07) is 8.24. The number of nitrogens with zero attached hydrogens (tertiary/aromatic N) is 2. The second-order valence-corrected chi connectivity index (χ2v) is 6.09. The molecule has 0 amide bonds. The predicted octanol–water partition coefficient (Wildman–Crippen LogP) is 0.481. The Balaban J connectivity index is 2.43. The molecule has 96 valence electrons. The summed E-state index contributed by atoms with van der Waals surface area (Å²) >= 11 is 0. The quantitative estimate of drug-likeness (QED) is 0.844. The van der Waals surface area contributed by atoms with Gasteiger partial charge < -0.3 is 5.32 Å². The molecule has 1 saturated heterocycles. The van der Waals surface area contributed by atoms with Crippen LogP contribution in [-0.2, 0) is 10.0 Å². The SMILES string of the molecule is Cc1ccccc1S(=O)(=O)N1CCNCC1C#N. The van der Waals surface area contributed by atoms with E-state index in [4.69, 9.17) is 5.26 Å². The van der Waals surface area contributed by atoms with Gasteiger partial charge >= 0.3 is 0 Å². The number of sulfonamides is 1. The number of aryl methyl sites for hydroxylation is 1. The van der Waals surface area contributed by atoms with E-state index in [1.54, 1.807) is 31.2 Å². The van der Waals surface area contributed by atoms with Crippen molar-refractivity contribution in [3.8, 4) is 6.07 Å². The molecule has 1 atom stereocenters. The highest BCUT2D eigenvalue weighted by Crippen LogP contribution is 2.21. The Hall–Kier alpha value is -1.42. The topological polar surface area (TPSA) is 73.2 Å². The molecule has 1 heterocycles. The summed E-state index contributed by atoms with van der Waals surface area (Å²) in [4.78, 5) is 0.284. The maximum absolute atomic E-state index is 12.5. The van der Waals surface area contributed by atoms with E-state index in [2.05, 4.69) is 5.32 Å². The summed E-state index contributed by atoms with van der Waals surface area (Å²) in [6.07, 6.45) is 0. The largest absolute Gasteiger partial charge is 0.313 e. The van der Waals surface area contributed by atoms with Gasteiger partial charge in [-0.1, -0.05) is 18.2 Å². The maximum atomic E-state index is 12.5. The lowest BCUT2D eigenvalue weighted by atomic mass is 10.2. The minimum absolute atomic E-state index is 0.284. The molecule has 0 spiro atoms. The van der Waals surface area contributed by atoms with E-state index >= 15 is 0 Å². The van der Waals surface area contributed by atoms with Gasteiger partial charge in [-0.25, -0.2) is 8.42 Å². The van der Waals surface area contributed by atoms with Crippen LogP contribution in [0.5, 0.6) is 0 Å². The zero-order valence-corrected chi connectivity index (χ0v) is 10.9. The van der Waals surface area contributed by atoms with Crippen molar-refractivity contribution in [2.45, 2.75) is 17.9 Å². The highest BCUT2D eigenvalue weighted by molar-refractivity contribution is 7.89. The molecule has 2 rings (SSSR count). The van der Waals surface area contributed by atoms with Crippen molar-refractivity contribution >= 4 is 10.0 Å². The van der Waals surface area contributed by atoms with E-state index in [1.807, 2.05) is 6.07 Å². The summed E-state index contributed by atoms with van der Waals surface area (Å²) in [7, 11) is -3.58. The molecule has 0 aliphatic carbocycles. The van der Waals surface area contributed by atoms with Crippen LogP contribution in [0.1, 0.15) is 5.56 Å². The average Bonchev–Trinajstić information content (AvgIpc) is 2.39. The molecule has 18 heavy (non-hydrogen) atoms. The third-order valence-corrected chi connectivity index (χ3v) is 5.09. The molecule has 0 aromatic heterocycles. The van der Waals surface area contributed by atoms with Crippen LogP contribution < -0.4 is 5.32 Å². The molecule has 1 aromatic carbocycles. The Morgan fingerprint density at radius 3 is 2.83 bits per heavy atom. The first kappa shape index (κ1) is 13.0. The Morgan fingerprint density at radius 1 is 1.44 bits per heavy atom. The van der Waals surface area contributed by atoms with Crippen molar-refractivity contribution in [3.05, 3.63) is 29.8 Å². The van der Waals surface area contributed by atoms with E-state index in [1.165, 1.54) is 4.31 Å². The summed E-state index contributed by atoms with van der Waals surface area (Å²) < 4.78 is 26.3. The molecule has 5 nitrogen and oxygen atoms in total. The lowest BCUT2D eigenvalue weighted by molar-refractivity contribution is 0.311. The van der Waals surface area contributed by atoms with Crippen LogP contribution in [0, 0.1) is 18.3 Å². The van der Waals surface area contributed by atoms with Gasteiger partial charge in [-0.2, -0.15) is 9.57 Å². The molecule has 1 aliphatic rings. The van der Waals surface area contributed by atoms with Gasteiger partial charge in [0.25, 0.3) is 0 Å². The van der Waals surface area contributed by atoms with Crippen molar-refractivity contribution in [2.75, 3.05) is 19.6 Å². The average molecular weight is 265 g/mol. The van der Waals surface area contributed by atoms with Gasteiger partial charge in [-0.05, 0) is 18.6 Å². The summed E-state index contributed by atoms with van der Waals surface area (Å²) in [5.41, 5.74) is 0.702. The normalized spacial score (nSPS) is 21.4. The molecule has 6 heteroatoms. The van der Waals surface area contributed by atoms with E-state index in [0.29, 0.717) is 25.2 Å². The zero-order chi connectivity index (χ0) is 13.2. The van der Waals surface area contributed by atoms with Crippen molar-refractivity contribution in [1.29, 1.82) is 5.26 Å². The second-order valence-electron chi connectivity index (χ2n) is 4.23. The molecule has 0 bridgehead atoms. The molecule has 1 aromatic rings. The van der Waals surface area contributed by atoms with Gasteiger partial charge in [0.05, 0.1) is 11.0 Å². The number of hydrogen-bond acceptors (Lipinski definition) is 4.